The summed E-state index contributed by atoms with van der Waals surface area (Å²) in [5.74, 6) is 0. The minimum absolute atomic E-state index is 0.422. The second-order valence-electron chi connectivity index (χ2n) is 4.18. The van der Waals surface area contributed by atoms with Crippen LogP contribution in [0.15, 0.2) is 6.20 Å². The molecule has 5 heteroatoms. The first-order valence-corrected chi connectivity index (χ1v) is 6.44. The summed E-state index contributed by atoms with van der Waals surface area (Å²) in [6, 6.07) is 0.516. The van der Waals surface area contributed by atoms with Gasteiger partial charge in [0.2, 0.25) is 0 Å². The second-order valence-corrected chi connectivity index (χ2v) is 5.22. The summed E-state index contributed by atoms with van der Waals surface area (Å²) in [7, 11) is 2.07. The molecule has 2 rings (SSSR count). The third kappa shape index (κ3) is 2.53. The van der Waals surface area contributed by atoms with E-state index in [1.807, 2.05) is 0 Å². The fourth-order valence-electron chi connectivity index (χ4n) is 1.86. The van der Waals surface area contributed by atoms with Crippen molar-refractivity contribution >= 4 is 16.5 Å². The normalized spacial score (nSPS) is 19.7. The minimum atomic E-state index is -0.422. The van der Waals surface area contributed by atoms with Crippen LogP contribution in [0.4, 0.5) is 5.13 Å². The number of anilines is 1. The first kappa shape index (κ1) is 11.8. The van der Waals surface area contributed by atoms with Crippen molar-refractivity contribution in [1.29, 1.82) is 0 Å². The predicted octanol–water partition coefficient (Wildman–Crippen LogP) is 1.81. The van der Waals surface area contributed by atoms with Gasteiger partial charge in [-0.2, -0.15) is 0 Å². The maximum absolute atomic E-state index is 9.46. The van der Waals surface area contributed by atoms with E-state index in [0.717, 1.165) is 36.1 Å². The molecular weight excluding hydrogens is 224 g/mol. The Morgan fingerprint density at radius 2 is 2.25 bits per heavy atom. The molecule has 16 heavy (non-hydrogen) atoms. The van der Waals surface area contributed by atoms with Crippen LogP contribution in [0.25, 0.3) is 0 Å². The molecule has 1 atom stereocenters. The number of hydrogen-bond donors (Lipinski definition) is 1. The molecule has 1 aliphatic rings. The van der Waals surface area contributed by atoms with Crippen LogP contribution in [0.1, 0.15) is 30.7 Å². The molecule has 0 spiro atoms. The van der Waals surface area contributed by atoms with E-state index in [-0.39, 0.29) is 0 Å². The smallest absolute Gasteiger partial charge is 0.185 e. The summed E-state index contributed by atoms with van der Waals surface area (Å²) in [4.78, 5) is 7.49. The Balaban J connectivity index is 2.04. The number of aromatic nitrogens is 1. The summed E-state index contributed by atoms with van der Waals surface area (Å²) in [5, 5.41) is 10.4. The first-order valence-electron chi connectivity index (χ1n) is 5.63. The molecule has 0 bridgehead atoms. The third-order valence-electron chi connectivity index (χ3n) is 2.96. The van der Waals surface area contributed by atoms with Crippen molar-refractivity contribution in [2.45, 2.75) is 31.9 Å². The van der Waals surface area contributed by atoms with Gasteiger partial charge in [0.25, 0.3) is 0 Å². The Bertz CT molecular complexity index is 334. The average Bonchev–Trinajstić information content (AvgIpc) is 2.78. The van der Waals surface area contributed by atoms with Gasteiger partial charge >= 0.3 is 0 Å². The van der Waals surface area contributed by atoms with E-state index in [2.05, 4.69) is 16.9 Å². The molecule has 0 radical (unpaired) electrons. The number of aliphatic hydroxyl groups is 1. The molecule has 1 aromatic heterocycles. The molecule has 1 saturated heterocycles. The van der Waals surface area contributed by atoms with Crippen molar-refractivity contribution in [2.24, 2.45) is 0 Å². The molecule has 4 nitrogen and oxygen atoms in total. The largest absolute Gasteiger partial charge is 0.388 e. The lowest BCUT2D eigenvalue weighted by Crippen LogP contribution is -2.36. The van der Waals surface area contributed by atoms with Crippen LogP contribution in [0.3, 0.4) is 0 Å². The molecule has 1 N–H and O–H groups in total. The highest BCUT2D eigenvalue weighted by molar-refractivity contribution is 7.15. The van der Waals surface area contributed by atoms with Gasteiger partial charge < -0.3 is 14.7 Å². The van der Waals surface area contributed by atoms with Crippen molar-refractivity contribution in [3.8, 4) is 0 Å². The predicted molar refractivity (Wildman–Crippen MR) is 65.0 cm³/mol. The highest BCUT2D eigenvalue weighted by atomic mass is 32.1. The number of ether oxygens (including phenoxy) is 1. The molecule has 0 aliphatic carbocycles. The van der Waals surface area contributed by atoms with Crippen molar-refractivity contribution in [2.75, 3.05) is 25.2 Å². The third-order valence-corrected chi connectivity index (χ3v) is 4.22. The van der Waals surface area contributed by atoms with E-state index in [9.17, 15) is 5.11 Å². The molecular formula is C11H18N2O2S. The van der Waals surface area contributed by atoms with Crippen molar-refractivity contribution in [3.05, 3.63) is 11.1 Å². The van der Waals surface area contributed by atoms with Crippen LogP contribution in [0, 0.1) is 0 Å². The lowest BCUT2D eigenvalue weighted by molar-refractivity contribution is 0.0855. The molecule has 90 valence electrons. The number of rotatable bonds is 3. The summed E-state index contributed by atoms with van der Waals surface area (Å²) in [6.45, 7) is 3.44. The van der Waals surface area contributed by atoms with Crippen molar-refractivity contribution in [3.63, 3.8) is 0 Å². The van der Waals surface area contributed by atoms with Crippen LogP contribution >= 0.6 is 11.3 Å². The number of thiazole rings is 1. The molecule has 1 unspecified atom stereocenters. The zero-order chi connectivity index (χ0) is 11.5. The molecule has 1 aromatic rings. The second kappa shape index (κ2) is 5.12. The number of aliphatic hydroxyl groups excluding tert-OH is 1. The van der Waals surface area contributed by atoms with Gasteiger partial charge in [-0.25, -0.2) is 4.98 Å². The Hall–Kier alpha value is -0.650. The van der Waals surface area contributed by atoms with Gasteiger partial charge in [0.05, 0.1) is 11.0 Å². The van der Waals surface area contributed by atoms with E-state index in [0.29, 0.717) is 6.04 Å². The minimum Gasteiger partial charge on any atom is -0.388 e. The molecule has 0 saturated carbocycles. The van der Waals surface area contributed by atoms with Crippen LogP contribution in [0.5, 0.6) is 0 Å². The molecule has 1 aliphatic heterocycles. The van der Waals surface area contributed by atoms with Gasteiger partial charge in [-0.15, -0.1) is 0 Å². The first-order chi connectivity index (χ1) is 7.68. The molecule has 0 aromatic carbocycles. The Kier molecular flexibility index (Phi) is 3.78. The van der Waals surface area contributed by atoms with Gasteiger partial charge in [-0.05, 0) is 19.8 Å². The number of nitrogens with zero attached hydrogens (tertiary/aromatic N) is 2. The summed E-state index contributed by atoms with van der Waals surface area (Å²) in [5.41, 5.74) is 0. The van der Waals surface area contributed by atoms with Gasteiger partial charge in [0, 0.05) is 32.5 Å². The van der Waals surface area contributed by atoms with Crippen LogP contribution in [-0.2, 0) is 4.74 Å². The van der Waals surface area contributed by atoms with E-state index in [1.54, 1.807) is 24.5 Å². The maximum atomic E-state index is 9.46. The lowest BCUT2D eigenvalue weighted by atomic mass is 10.1. The average molecular weight is 242 g/mol. The fraction of sp³-hybridized carbons (Fsp3) is 0.727. The van der Waals surface area contributed by atoms with Crippen molar-refractivity contribution in [1.82, 2.24) is 4.98 Å². The Morgan fingerprint density at radius 1 is 1.56 bits per heavy atom. The topological polar surface area (TPSA) is 45.6 Å². The van der Waals surface area contributed by atoms with Gasteiger partial charge in [-0.3, -0.25) is 0 Å². The van der Waals surface area contributed by atoms with Gasteiger partial charge in [-0.1, -0.05) is 11.3 Å². The molecule has 1 fully saturated rings. The summed E-state index contributed by atoms with van der Waals surface area (Å²) in [6.07, 6.45) is 3.45. The SMILES string of the molecule is CC(O)c1cnc(N(C)C2CCOCC2)s1. The van der Waals surface area contributed by atoms with E-state index >= 15 is 0 Å². The summed E-state index contributed by atoms with van der Waals surface area (Å²) < 4.78 is 5.35. The molecule has 0 amide bonds. The van der Waals surface area contributed by atoms with Crippen LogP contribution in [-0.4, -0.2) is 36.4 Å². The van der Waals surface area contributed by atoms with E-state index in [1.165, 1.54) is 0 Å². The standard InChI is InChI=1S/C11H18N2O2S/c1-8(14)10-7-12-11(16-10)13(2)9-3-5-15-6-4-9/h7-9,14H,3-6H2,1-2H3. The Labute approximate surface area is 99.9 Å². The fourth-order valence-corrected chi connectivity index (χ4v) is 2.75. The van der Waals surface area contributed by atoms with Crippen molar-refractivity contribution < 1.29 is 9.84 Å². The highest BCUT2D eigenvalue weighted by Gasteiger charge is 2.21. The van der Waals surface area contributed by atoms with Crippen LogP contribution < -0.4 is 4.90 Å². The summed E-state index contributed by atoms with van der Waals surface area (Å²) >= 11 is 1.57. The Morgan fingerprint density at radius 3 is 2.81 bits per heavy atom. The van der Waals surface area contributed by atoms with Crippen LogP contribution in [0.2, 0.25) is 0 Å². The van der Waals surface area contributed by atoms with Gasteiger partial charge in [0.1, 0.15) is 0 Å². The highest BCUT2D eigenvalue weighted by Crippen LogP contribution is 2.29. The van der Waals surface area contributed by atoms with Gasteiger partial charge in [0.15, 0.2) is 5.13 Å². The molecule has 2 heterocycles. The zero-order valence-electron chi connectivity index (χ0n) is 9.72. The van der Waals surface area contributed by atoms with E-state index in [4.69, 9.17) is 4.74 Å². The number of hydrogen-bond acceptors (Lipinski definition) is 5. The zero-order valence-corrected chi connectivity index (χ0v) is 10.5. The monoisotopic (exact) mass is 242 g/mol. The lowest BCUT2D eigenvalue weighted by Gasteiger charge is -2.30. The maximum Gasteiger partial charge on any atom is 0.185 e. The quantitative estimate of drug-likeness (QED) is 0.878. The van der Waals surface area contributed by atoms with E-state index < -0.39 is 6.10 Å².